The van der Waals surface area contributed by atoms with E-state index in [2.05, 4.69) is 28.9 Å². The number of ether oxygens (including phenoxy) is 2. The van der Waals surface area contributed by atoms with Gasteiger partial charge in [-0.25, -0.2) is 0 Å². The summed E-state index contributed by atoms with van der Waals surface area (Å²) in [6.07, 6.45) is 2.77. The molecule has 0 unspecified atom stereocenters. The monoisotopic (exact) mass is 385 g/mol. The standard InChI is InChI=1S/C20H20BrNO2/c1-4-9-24-20-18(21)11-15(12-19(20)23-3)10-17(13-22)16-7-5-14(2)6-8-16/h5-8,10-12H,4,9H2,1-3H3/b17-10+. The first kappa shape index (κ1) is 18.1. The second-order valence-corrected chi connectivity index (χ2v) is 6.27. The molecule has 0 fully saturated rings. The van der Waals surface area contributed by atoms with E-state index in [-0.39, 0.29) is 0 Å². The van der Waals surface area contributed by atoms with E-state index in [0.717, 1.165) is 27.6 Å². The Hall–Kier alpha value is -2.25. The van der Waals surface area contributed by atoms with E-state index in [1.165, 1.54) is 0 Å². The number of allylic oxidation sites excluding steroid dienone is 1. The van der Waals surface area contributed by atoms with E-state index in [9.17, 15) is 5.26 Å². The molecule has 0 heterocycles. The summed E-state index contributed by atoms with van der Waals surface area (Å²) in [4.78, 5) is 0. The summed E-state index contributed by atoms with van der Waals surface area (Å²) < 4.78 is 12.0. The Balaban J connectivity index is 2.42. The maximum absolute atomic E-state index is 9.49. The molecule has 0 saturated carbocycles. The number of halogens is 1. The van der Waals surface area contributed by atoms with Crippen molar-refractivity contribution >= 4 is 27.6 Å². The molecule has 0 atom stereocenters. The van der Waals surface area contributed by atoms with E-state index < -0.39 is 0 Å². The molecule has 2 aromatic carbocycles. The average molecular weight is 386 g/mol. The molecule has 0 spiro atoms. The molecule has 2 aromatic rings. The topological polar surface area (TPSA) is 42.2 Å². The van der Waals surface area contributed by atoms with Crippen LogP contribution in [0.5, 0.6) is 11.5 Å². The zero-order valence-corrected chi connectivity index (χ0v) is 15.7. The number of benzene rings is 2. The van der Waals surface area contributed by atoms with Crippen molar-refractivity contribution < 1.29 is 9.47 Å². The molecule has 0 saturated heterocycles. The largest absolute Gasteiger partial charge is 0.493 e. The van der Waals surface area contributed by atoms with Gasteiger partial charge < -0.3 is 9.47 Å². The van der Waals surface area contributed by atoms with E-state index >= 15 is 0 Å². The third-order valence-electron chi connectivity index (χ3n) is 3.50. The Bertz CT molecular complexity index is 773. The Labute approximate surface area is 151 Å². The molecule has 0 aliphatic carbocycles. The van der Waals surface area contributed by atoms with Gasteiger partial charge in [0.25, 0.3) is 0 Å². The SMILES string of the molecule is CCCOc1c(Br)cc(/C=C(\C#N)c2ccc(C)cc2)cc1OC. The van der Waals surface area contributed by atoms with Crippen LogP contribution in [0.25, 0.3) is 11.6 Å². The van der Waals surface area contributed by atoms with Crippen LogP contribution in [0.2, 0.25) is 0 Å². The summed E-state index contributed by atoms with van der Waals surface area (Å²) >= 11 is 3.53. The number of hydrogen-bond acceptors (Lipinski definition) is 3. The first-order valence-electron chi connectivity index (χ1n) is 7.78. The second kappa shape index (κ2) is 8.56. The summed E-state index contributed by atoms with van der Waals surface area (Å²) in [5.74, 6) is 1.33. The number of hydrogen-bond donors (Lipinski definition) is 0. The van der Waals surface area contributed by atoms with Gasteiger partial charge in [-0.05, 0) is 58.6 Å². The van der Waals surface area contributed by atoms with Crippen molar-refractivity contribution in [2.75, 3.05) is 13.7 Å². The molecule has 0 aromatic heterocycles. The van der Waals surface area contributed by atoms with Crippen LogP contribution in [0, 0.1) is 18.3 Å². The minimum Gasteiger partial charge on any atom is -0.493 e. The van der Waals surface area contributed by atoms with Gasteiger partial charge in [0.05, 0.1) is 29.8 Å². The Kier molecular flexibility index (Phi) is 6.45. The molecule has 3 nitrogen and oxygen atoms in total. The van der Waals surface area contributed by atoms with Gasteiger partial charge in [-0.3, -0.25) is 0 Å². The Morgan fingerprint density at radius 2 is 1.96 bits per heavy atom. The Morgan fingerprint density at radius 3 is 2.54 bits per heavy atom. The first-order valence-corrected chi connectivity index (χ1v) is 8.57. The smallest absolute Gasteiger partial charge is 0.175 e. The number of aryl methyl sites for hydroxylation is 1. The van der Waals surface area contributed by atoms with Crippen molar-refractivity contribution in [3.8, 4) is 17.6 Å². The number of nitriles is 1. The number of rotatable bonds is 6. The van der Waals surface area contributed by atoms with Crippen LogP contribution in [-0.4, -0.2) is 13.7 Å². The van der Waals surface area contributed by atoms with Gasteiger partial charge in [0.2, 0.25) is 0 Å². The molecule has 2 rings (SSSR count). The minimum absolute atomic E-state index is 0.603. The molecule has 24 heavy (non-hydrogen) atoms. The van der Waals surface area contributed by atoms with Crippen LogP contribution in [0.1, 0.15) is 30.0 Å². The minimum atomic E-state index is 0.603. The van der Waals surface area contributed by atoms with Crippen molar-refractivity contribution in [1.29, 1.82) is 5.26 Å². The van der Waals surface area contributed by atoms with Crippen LogP contribution >= 0.6 is 15.9 Å². The second-order valence-electron chi connectivity index (χ2n) is 5.42. The quantitative estimate of drug-likeness (QED) is 0.478. The van der Waals surface area contributed by atoms with Crippen molar-refractivity contribution in [3.63, 3.8) is 0 Å². The summed E-state index contributed by atoms with van der Waals surface area (Å²) in [6.45, 7) is 4.70. The summed E-state index contributed by atoms with van der Waals surface area (Å²) in [7, 11) is 1.61. The number of nitrogens with zero attached hydrogens (tertiary/aromatic N) is 1. The van der Waals surface area contributed by atoms with E-state index in [0.29, 0.717) is 23.7 Å². The maximum atomic E-state index is 9.49. The van der Waals surface area contributed by atoms with Gasteiger partial charge in [0.15, 0.2) is 11.5 Å². The van der Waals surface area contributed by atoms with Gasteiger partial charge >= 0.3 is 0 Å². The molecule has 0 aliphatic heterocycles. The average Bonchev–Trinajstić information content (AvgIpc) is 2.59. The molecule has 0 radical (unpaired) electrons. The number of methoxy groups -OCH3 is 1. The van der Waals surface area contributed by atoms with Crippen LogP contribution < -0.4 is 9.47 Å². The third-order valence-corrected chi connectivity index (χ3v) is 4.09. The zero-order chi connectivity index (χ0) is 17.5. The fourth-order valence-corrected chi connectivity index (χ4v) is 2.82. The fourth-order valence-electron chi connectivity index (χ4n) is 2.25. The molecule has 0 amide bonds. The van der Waals surface area contributed by atoms with Crippen LogP contribution in [0.4, 0.5) is 0 Å². The fraction of sp³-hybridized carbons (Fsp3) is 0.250. The van der Waals surface area contributed by atoms with Crippen molar-refractivity contribution in [3.05, 3.63) is 57.6 Å². The highest BCUT2D eigenvalue weighted by Gasteiger charge is 2.11. The summed E-state index contributed by atoms with van der Waals surface area (Å²) in [6, 6.07) is 14.0. The van der Waals surface area contributed by atoms with Crippen LogP contribution in [0.15, 0.2) is 40.9 Å². The zero-order valence-electron chi connectivity index (χ0n) is 14.1. The molecular weight excluding hydrogens is 366 g/mol. The van der Waals surface area contributed by atoms with Crippen molar-refractivity contribution in [2.45, 2.75) is 20.3 Å². The van der Waals surface area contributed by atoms with Gasteiger partial charge in [0, 0.05) is 0 Å². The van der Waals surface area contributed by atoms with E-state index in [1.54, 1.807) is 7.11 Å². The van der Waals surface area contributed by atoms with E-state index in [1.807, 2.05) is 49.4 Å². The highest BCUT2D eigenvalue weighted by atomic mass is 79.9. The first-order chi connectivity index (χ1) is 11.6. The molecular formula is C20H20BrNO2. The maximum Gasteiger partial charge on any atom is 0.175 e. The van der Waals surface area contributed by atoms with Crippen LogP contribution in [0.3, 0.4) is 0 Å². The van der Waals surface area contributed by atoms with Crippen molar-refractivity contribution in [1.82, 2.24) is 0 Å². The highest BCUT2D eigenvalue weighted by Crippen LogP contribution is 2.37. The molecule has 0 N–H and O–H groups in total. The van der Waals surface area contributed by atoms with Gasteiger partial charge in [0.1, 0.15) is 0 Å². The predicted molar refractivity (Wildman–Crippen MR) is 101 cm³/mol. The van der Waals surface area contributed by atoms with Gasteiger partial charge in [-0.2, -0.15) is 5.26 Å². The van der Waals surface area contributed by atoms with Crippen LogP contribution in [-0.2, 0) is 0 Å². The lowest BCUT2D eigenvalue weighted by Gasteiger charge is -2.13. The lowest BCUT2D eigenvalue weighted by atomic mass is 10.0. The Morgan fingerprint density at radius 1 is 1.25 bits per heavy atom. The summed E-state index contributed by atoms with van der Waals surface area (Å²) in [5.41, 5.74) is 3.54. The highest BCUT2D eigenvalue weighted by molar-refractivity contribution is 9.10. The molecule has 124 valence electrons. The lowest BCUT2D eigenvalue weighted by Crippen LogP contribution is -1.99. The normalized spacial score (nSPS) is 11.0. The van der Waals surface area contributed by atoms with Crippen molar-refractivity contribution in [2.24, 2.45) is 0 Å². The molecule has 0 bridgehead atoms. The van der Waals surface area contributed by atoms with Gasteiger partial charge in [-0.1, -0.05) is 36.8 Å². The predicted octanol–water partition coefficient (Wildman–Crippen LogP) is 5.62. The molecule has 0 aliphatic rings. The van der Waals surface area contributed by atoms with Gasteiger partial charge in [-0.15, -0.1) is 0 Å². The lowest BCUT2D eigenvalue weighted by molar-refractivity contribution is 0.292. The van der Waals surface area contributed by atoms with E-state index in [4.69, 9.17) is 9.47 Å². The molecule has 4 heteroatoms. The summed E-state index contributed by atoms with van der Waals surface area (Å²) in [5, 5.41) is 9.49. The third kappa shape index (κ3) is 4.39.